The Balaban J connectivity index is 2.04. The number of hydrogen-bond donors (Lipinski definition) is 0. The van der Waals surface area contributed by atoms with Gasteiger partial charge in [0.2, 0.25) is 0 Å². The molecule has 142 valence electrons. The SMILES string of the molecule is CCOc1ccc2c(c1)C(C)CC(C)(C)N2C(=O)c1ccc([N+](=O)[O-])cc1. The number of carbonyl (C=O) groups excluding carboxylic acids is 1. The number of rotatable bonds is 4. The zero-order chi connectivity index (χ0) is 19.8. The third kappa shape index (κ3) is 3.52. The number of nitro benzene ring substituents is 1. The summed E-state index contributed by atoms with van der Waals surface area (Å²) in [5, 5.41) is 10.9. The van der Waals surface area contributed by atoms with E-state index in [9.17, 15) is 14.9 Å². The summed E-state index contributed by atoms with van der Waals surface area (Å²) in [7, 11) is 0. The molecule has 0 spiro atoms. The molecule has 0 saturated carbocycles. The lowest BCUT2D eigenvalue weighted by atomic mass is 9.79. The fourth-order valence-corrected chi connectivity index (χ4v) is 3.90. The number of ether oxygens (including phenoxy) is 1. The molecule has 1 atom stereocenters. The highest BCUT2D eigenvalue weighted by molar-refractivity contribution is 6.08. The number of hydrogen-bond acceptors (Lipinski definition) is 4. The number of amides is 1. The third-order valence-electron chi connectivity index (χ3n) is 5.02. The highest BCUT2D eigenvalue weighted by Gasteiger charge is 2.40. The average molecular weight is 368 g/mol. The maximum absolute atomic E-state index is 13.3. The number of carbonyl (C=O) groups is 1. The van der Waals surface area contributed by atoms with E-state index in [1.165, 1.54) is 24.3 Å². The Bertz CT molecular complexity index is 874. The summed E-state index contributed by atoms with van der Waals surface area (Å²) in [5.41, 5.74) is 1.97. The van der Waals surface area contributed by atoms with Gasteiger partial charge in [-0.2, -0.15) is 0 Å². The van der Waals surface area contributed by atoms with Crippen LogP contribution in [-0.2, 0) is 0 Å². The van der Waals surface area contributed by atoms with Gasteiger partial charge in [0.05, 0.1) is 11.5 Å². The van der Waals surface area contributed by atoms with Crippen molar-refractivity contribution < 1.29 is 14.5 Å². The molecular formula is C21H24N2O4. The Morgan fingerprint density at radius 1 is 1.26 bits per heavy atom. The zero-order valence-electron chi connectivity index (χ0n) is 16.1. The summed E-state index contributed by atoms with van der Waals surface area (Å²) < 4.78 is 5.62. The van der Waals surface area contributed by atoms with Crippen LogP contribution >= 0.6 is 0 Å². The molecule has 0 aliphatic carbocycles. The van der Waals surface area contributed by atoms with Gasteiger partial charge < -0.3 is 9.64 Å². The number of nitrogens with zero attached hydrogens (tertiary/aromatic N) is 2. The van der Waals surface area contributed by atoms with Crippen molar-refractivity contribution in [1.29, 1.82) is 0 Å². The molecule has 27 heavy (non-hydrogen) atoms. The van der Waals surface area contributed by atoms with Gasteiger partial charge in [0, 0.05) is 28.9 Å². The van der Waals surface area contributed by atoms with Gasteiger partial charge >= 0.3 is 0 Å². The summed E-state index contributed by atoms with van der Waals surface area (Å²) in [6.07, 6.45) is 0.814. The van der Waals surface area contributed by atoms with Crippen molar-refractivity contribution in [2.45, 2.75) is 45.6 Å². The molecule has 3 rings (SSSR count). The van der Waals surface area contributed by atoms with E-state index in [1.807, 2.05) is 39.0 Å². The summed E-state index contributed by atoms with van der Waals surface area (Å²) in [6.45, 7) is 8.78. The molecule has 2 aromatic rings. The Morgan fingerprint density at radius 3 is 2.52 bits per heavy atom. The van der Waals surface area contributed by atoms with E-state index in [-0.39, 0.29) is 23.1 Å². The van der Waals surface area contributed by atoms with Crippen LogP contribution in [0.2, 0.25) is 0 Å². The normalized spacial score (nSPS) is 17.9. The number of non-ortho nitro benzene ring substituents is 1. The van der Waals surface area contributed by atoms with Crippen molar-refractivity contribution >= 4 is 17.3 Å². The van der Waals surface area contributed by atoms with Gasteiger partial charge in [-0.15, -0.1) is 0 Å². The maximum atomic E-state index is 13.3. The Labute approximate surface area is 158 Å². The van der Waals surface area contributed by atoms with E-state index in [0.717, 1.165) is 23.4 Å². The summed E-state index contributed by atoms with van der Waals surface area (Å²) in [6, 6.07) is 11.6. The van der Waals surface area contributed by atoms with Crippen LogP contribution in [0.15, 0.2) is 42.5 Å². The molecule has 2 aromatic carbocycles. The predicted molar refractivity (Wildman–Crippen MR) is 105 cm³/mol. The first-order valence-corrected chi connectivity index (χ1v) is 9.10. The van der Waals surface area contributed by atoms with Gasteiger partial charge in [-0.05, 0) is 69.0 Å². The van der Waals surface area contributed by atoms with Crippen LogP contribution < -0.4 is 9.64 Å². The van der Waals surface area contributed by atoms with Crippen LogP contribution in [0.1, 0.15) is 56.0 Å². The van der Waals surface area contributed by atoms with Crippen molar-refractivity contribution in [3.8, 4) is 5.75 Å². The average Bonchev–Trinajstić information content (AvgIpc) is 2.61. The second-order valence-electron chi connectivity index (χ2n) is 7.52. The van der Waals surface area contributed by atoms with Gasteiger partial charge in [-0.1, -0.05) is 6.92 Å². The lowest BCUT2D eigenvalue weighted by Gasteiger charge is -2.46. The van der Waals surface area contributed by atoms with Crippen LogP contribution in [0.4, 0.5) is 11.4 Å². The molecule has 0 aromatic heterocycles. The highest BCUT2D eigenvalue weighted by Crippen LogP contribution is 2.45. The number of benzene rings is 2. The minimum absolute atomic E-state index is 0.0279. The first kappa shape index (κ1) is 18.9. The largest absolute Gasteiger partial charge is 0.494 e. The van der Waals surface area contributed by atoms with Gasteiger partial charge in [0.1, 0.15) is 5.75 Å². The minimum Gasteiger partial charge on any atom is -0.494 e. The fourth-order valence-electron chi connectivity index (χ4n) is 3.90. The van der Waals surface area contributed by atoms with Crippen molar-refractivity contribution in [3.63, 3.8) is 0 Å². The Kier molecular flexibility index (Phi) is 4.91. The molecule has 0 saturated heterocycles. The quantitative estimate of drug-likeness (QED) is 0.567. The van der Waals surface area contributed by atoms with E-state index < -0.39 is 4.92 Å². The predicted octanol–water partition coefficient (Wildman–Crippen LogP) is 4.93. The fraction of sp³-hybridized carbons (Fsp3) is 0.381. The van der Waals surface area contributed by atoms with Crippen LogP contribution in [0.5, 0.6) is 5.75 Å². The lowest BCUT2D eigenvalue weighted by molar-refractivity contribution is -0.384. The first-order valence-electron chi connectivity index (χ1n) is 9.10. The standard InChI is InChI=1S/C21H24N2O4/c1-5-27-17-10-11-19-18(12-17)14(2)13-21(3,4)22(19)20(24)15-6-8-16(9-7-15)23(25)26/h6-12,14H,5,13H2,1-4H3. The molecule has 1 aliphatic heterocycles. The lowest BCUT2D eigenvalue weighted by Crippen LogP contribution is -2.51. The molecule has 1 unspecified atom stereocenters. The van der Waals surface area contributed by atoms with Gasteiger partial charge in [-0.3, -0.25) is 14.9 Å². The topological polar surface area (TPSA) is 72.7 Å². The van der Waals surface area contributed by atoms with E-state index >= 15 is 0 Å². The maximum Gasteiger partial charge on any atom is 0.269 e. The van der Waals surface area contributed by atoms with Crippen LogP contribution in [0.25, 0.3) is 0 Å². The molecule has 1 amide bonds. The first-order chi connectivity index (χ1) is 12.7. The number of fused-ring (bicyclic) bond motifs is 1. The van der Waals surface area contributed by atoms with Gasteiger partial charge in [0.25, 0.3) is 11.6 Å². The second-order valence-corrected chi connectivity index (χ2v) is 7.52. The van der Waals surface area contributed by atoms with Crippen molar-refractivity contribution in [2.24, 2.45) is 0 Å². The zero-order valence-corrected chi connectivity index (χ0v) is 16.1. The Hall–Kier alpha value is -2.89. The molecule has 0 radical (unpaired) electrons. The summed E-state index contributed by atoms with van der Waals surface area (Å²) >= 11 is 0. The molecule has 0 N–H and O–H groups in total. The highest BCUT2D eigenvalue weighted by atomic mass is 16.6. The van der Waals surface area contributed by atoms with Crippen molar-refractivity contribution in [2.75, 3.05) is 11.5 Å². The van der Waals surface area contributed by atoms with Crippen molar-refractivity contribution in [1.82, 2.24) is 0 Å². The molecule has 0 fully saturated rings. The number of nitro groups is 1. The minimum atomic E-state index is -0.467. The summed E-state index contributed by atoms with van der Waals surface area (Å²) in [5.74, 6) is 0.925. The smallest absolute Gasteiger partial charge is 0.269 e. The molecule has 0 bridgehead atoms. The van der Waals surface area contributed by atoms with Crippen LogP contribution in [-0.4, -0.2) is 23.0 Å². The molecule has 6 heteroatoms. The Morgan fingerprint density at radius 2 is 1.93 bits per heavy atom. The van der Waals surface area contributed by atoms with Gasteiger partial charge in [0.15, 0.2) is 0 Å². The summed E-state index contributed by atoms with van der Waals surface area (Å²) in [4.78, 5) is 25.5. The second kappa shape index (κ2) is 7.02. The number of anilines is 1. The molecule has 1 aliphatic rings. The van der Waals surface area contributed by atoms with E-state index in [2.05, 4.69) is 6.92 Å². The van der Waals surface area contributed by atoms with Gasteiger partial charge in [-0.25, -0.2) is 0 Å². The molecule has 1 heterocycles. The third-order valence-corrected chi connectivity index (χ3v) is 5.02. The molecular weight excluding hydrogens is 344 g/mol. The van der Waals surface area contributed by atoms with Crippen LogP contribution in [0.3, 0.4) is 0 Å². The van der Waals surface area contributed by atoms with E-state index in [1.54, 1.807) is 4.90 Å². The van der Waals surface area contributed by atoms with E-state index in [4.69, 9.17) is 4.74 Å². The monoisotopic (exact) mass is 368 g/mol. The van der Waals surface area contributed by atoms with E-state index in [0.29, 0.717) is 12.2 Å². The van der Waals surface area contributed by atoms with Crippen molar-refractivity contribution in [3.05, 3.63) is 63.7 Å². The molecule has 6 nitrogen and oxygen atoms in total. The van der Waals surface area contributed by atoms with Crippen LogP contribution in [0, 0.1) is 10.1 Å².